The third-order valence-electron chi connectivity index (χ3n) is 0. The third kappa shape index (κ3) is 1410. The summed E-state index contributed by atoms with van der Waals surface area (Å²) in [6.07, 6.45) is 0. The molecule has 9 heavy (non-hydrogen) atoms. The zero-order valence-electron chi connectivity index (χ0n) is 3.75. The first-order valence-electron chi connectivity index (χ1n) is 0.698. The van der Waals surface area contributed by atoms with Crippen LogP contribution in [0.2, 0.25) is 0 Å². The molecule has 0 saturated heterocycles. The van der Waals surface area contributed by atoms with Crippen molar-refractivity contribution in [3.05, 3.63) is 0 Å². The topological polar surface area (TPSA) is 74.6 Å². The minimum absolute atomic E-state index is 0. The van der Waals surface area contributed by atoms with Gasteiger partial charge < -0.3 is 0 Å². The molecule has 0 aromatic rings. The molecule has 0 saturated carbocycles. The minimum atomic E-state index is -4.67. The van der Waals surface area contributed by atoms with Crippen molar-refractivity contribution in [1.82, 2.24) is 0 Å². The van der Waals surface area contributed by atoms with Gasteiger partial charge in [-0.05, 0) is 0 Å². The van der Waals surface area contributed by atoms with E-state index in [9.17, 15) is 0 Å². The fraction of sp³-hybridized carbons (Fsp3) is 0. The molecule has 9 heteroatoms. The van der Waals surface area contributed by atoms with Crippen molar-refractivity contribution in [3.63, 3.8) is 0 Å². The molecular weight excluding hydrogens is 172 g/mol. The molecule has 0 aromatic carbocycles. The van der Waals surface area contributed by atoms with Crippen molar-refractivity contribution in [2.45, 2.75) is 0 Å². The second kappa shape index (κ2) is 10.5. The highest BCUT2D eigenvalue weighted by atomic mass is 32.3. The summed E-state index contributed by atoms with van der Waals surface area (Å²) in [4.78, 5) is 0. The van der Waals surface area contributed by atoms with E-state index in [1.165, 1.54) is 0 Å². The Morgan fingerprint density at radius 3 is 0.778 bits per heavy atom. The first kappa shape index (κ1) is 38.4. The van der Waals surface area contributed by atoms with Gasteiger partial charge in [0.05, 0.1) is 0 Å². The Bertz CT molecular complexity index is 95.7. The lowest BCUT2D eigenvalue weighted by atomic mass is 15.8. The number of hydrogen-bond acceptors (Lipinski definition) is 2. The predicted octanol–water partition coefficient (Wildman–Crippen LogP) is -0.0428. The van der Waals surface area contributed by atoms with Gasteiger partial charge in [0.1, 0.15) is 0 Å². The van der Waals surface area contributed by atoms with Crippen molar-refractivity contribution < 1.29 is 36.3 Å². The number of halogens is 4. The molecule has 0 rings (SSSR count). The van der Waals surface area contributed by atoms with Crippen LogP contribution in [-0.2, 0) is 10.4 Å². The van der Waals surface area contributed by atoms with Crippen LogP contribution >= 0.6 is 0 Å². The van der Waals surface area contributed by atoms with E-state index in [4.69, 9.17) is 17.5 Å². The normalized spacial score (nSPS) is 6.44. The van der Waals surface area contributed by atoms with Crippen molar-refractivity contribution in [3.8, 4) is 0 Å². The maximum absolute atomic E-state index is 8.74. The summed E-state index contributed by atoms with van der Waals surface area (Å²) < 4.78 is 31.6. The van der Waals surface area contributed by atoms with E-state index >= 15 is 0 Å². The van der Waals surface area contributed by atoms with Crippen LogP contribution < -0.4 is 0 Å². The van der Waals surface area contributed by atoms with Gasteiger partial charge in [-0.15, -0.1) is 0 Å². The number of rotatable bonds is 0. The lowest BCUT2D eigenvalue weighted by Gasteiger charge is -1.68. The first-order chi connectivity index (χ1) is 2.00. The fourth-order valence-corrected chi connectivity index (χ4v) is 0. The minimum Gasteiger partial charge on any atom is -0.269 e. The van der Waals surface area contributed by atoms with Crippen LogP contribution in [0.4, 0.5) is 18.8 Å². The van der Waals surface area contributed by atoms with Gasteiger partial charge in [-0.2, -0.15) is 8.42 Å². The highest BCUT2D eigenvalue weighted by molar-refractivity contribution is 7.79. The Morgan fingerprint density at radius 2 is 0.778 bits per heavy atom. The molecule has 0 aliphatic carbocycles. The average molecular weight is 178 g/mol. The van der Waals surface area contributed by atoms with E-state index < -0.39 is 10.4 Å². The molecule has 0 radical (unpaired) electrons. The highest BCUT2D eigenvalue weighted by Crippen LogP contribution is 1.59. The smallest absolute Gasteiger partial charge is 0.269 e. The summed E-state index contributed by atoms with van der Waals surface area (Å²) in [5, 5.41) is 0. The second-order valence-electron chi connectivity index (χ2n) is 0.448. The van der Waals surface area contributed by atoms with E-state index in [1.807, 2.05) is 0 Å². The average Bonchev–Trinajstić information content (AvgIpc) is 0.722. The van der Waals surface area contributed by atoms with Crippen LogP contribution in [0.15, 0.2) is 0 Å². The lowest BCUT2D eigenvalue weighted by Crippen LogP contribution is -1.89. The van der Waals surface area contributed by atoms with Crippen LogP contribution in [0.25, 0.3) is 0 Å². The van der Waals surface area contributed by atoms with Crippen LogP contribution in [-0.4, -0.2) is 17.5 Å². The maximum Gasteiger partial charge on any atom is 0.394 e. The Hall–Kier alpha value is -0.410. The molecule has 4 nitrogen and oxygen atoms in total. The van der Waals surface area contributed by atoms with Gasteiger partial charge >= 0.3 is 10.4 Å². The SMILES string of the molecule is F.F.F.F.O=S(=O)(O)O. The molecule has 0 fully saturated rings. The maximum atomic E-state index is 8.74. The van der Waals surface area contributed by atoms with Crippen LogP contribution in [0.5, 0.6) is 0 Å². The first-order valence-corrected chi connectivity index (χ1v) is 2.10. The molecular formula is H6F4O4S. The molecule has 0 amide bonds. The summed E-state index contributed by atoms with van der Waals surface area (Å²) in [6, 6.07) is 0. The molecule has 0 atom stereocenters. The van der Waals surface area contributed by atoms with Gasteiger partial charge in [0, 0.05) is 0 Å². The molecule has 64 valence electrons. The second-order valence-corrected chi connectivity index (χ2v) is 1.34. The Labute approximate surface area is 47.9 Å². The highest BCUT2D eigenvalue weighted by Gasteiger charge is 1.84. The van der Waals surface area contributed by atoms with Crippen molar-refractivity contribution in [1.29, 1.82) is 0 Å². The Morgan fingerprint density at radius 1 is 0.778 bits per heavy atom. The summed E-state index contributed by atoms with van der Waals surface area (Å²) in [5.74, 6) is 0. The summed E-state index contributed by atoms with van der Waals surface area (Å²) >= 11 is 0. The molecule has 0 unspecified atom stereocenters. The van der Waals surface area contributed by atoms with E-state index in [0.29, 0.717) is 0 Å². The molecule has 0 heterocycles. The summed E-state index contributed by atoms with van der Waals surface area (Å²) in [6.45, 7) is 0. The zero-order valence-corrected chi connectivity index (χ0v) is 4.57. The van der Waals surface area contributed by atoms with Crippen molar-refractivity contribution in [2.24, 2.45) is 0 Å². The Kier molecular flexibility index (Phi) is 45.0. The van der Waals surface area contributed by atoms with E-state index in [0.717, 1.165) is 0 Å². The van der Waals surface area contributed by atoms with Gasteiger partial charge in [0.2, 0.25) is 0 Å². The molecule has 0 aliphatic heterocycles. The van der Waals surface area contributed by atoms with Crippen molar-refractivity contribution in [2.75, 3.05) is 0 Å². The largest absolute Gasteiger partial charge is 0.394 e. The molecule has 0 bridgehead atoms. The zero-order chi connectivity index (χ0) is 4.50. The quantitative estimate of drug-likeness (QED) is 0.403. The summed E-state index contributed by atoms with van der Waals surface area (Å²) in [7, 11) is -4.67. The van der Waals surface area contributed by atoms with Gasteiger partial charge in [-0.25, -0.2) is 0 Å². The van der Waals surface area contributed by atoms with E-state index in [2.05, 4.69) is 0 Å². The van der Waals surface area contributed by atoms with Gasteiger partial charge in [-0.3, -0.25) is 27.9 Å². The standard InChI is InChI=1S/4FH.H2O4S/c;;;;1-5(2,3)4/h4*1H;(H2,1,2,3,4). The van der Waals surface area contributed by atoms with Gasteiger partial charge in [0.15, 0.2) is 0 Å². The van der Waals surface area contributed by atoms with Crippen LogP contribution in [0.1, 0.15) is 0 Å². The molecule has 0 aromatic heterocycles. The fourth-order valence-electron chi connectivity index (χ4n) is 0. The van der Waals surface area contributed by atoms with Gasteiger partial charge in [-0.1, -0.05) is 0 Å². The number of hydrogen-bond donors (Lipinski definition) is 2. The monoisotopic (exact) mass is 178 g/mol. The third-order valence-corrected chi connectivity index (χ3v) is 0. The molecule has 0 spiro atoms. The molecule has 0 aliphatic rings. The lowest BCUT2D eigenvalue weighted by molar-refractivity contribution is 0.381. The van der Waals surface area contributed by atoms with Crippen molar-refractivity contribution >= 4 is 10.4 Å². The van der Waals surface area contributed by atoms with Gasteiger partial charge in [0.25, 0.3) is 0 Å². The molecule has 2 N–H and O–H groups in total. The Balaban J connectivity index is -0.0000000133. The van der Waals surface area contributed by atoms with E-state index in [1.54, 1.807) is 0 Å². The van der Waals surface area contributed by atoms with E-state index in [-0.39, 0.29) is 18.8 Å². The van der Waals surface area contributed by atoms with Crippen LogP contribution in [0, 0.1) is 0 Å². The summed E-state index contributed by atoms with van der Waals surface area (Å²) in [5.41, 5.74) is 0. The van der Waals surface area contributed by atoms with Crippen LogP contribution in [0.3, 0.4) is 0 Å². The predicted molar refractivity (Wildman–Crippen MR) is 24.2 cm³/mol.